The molecule has 0 bridgehead atoms. The van der Waals surface area contributed by atoms with Crippen molar-refractivity contribution >= 4 is 17.9 Å². The van der Waals surface area contributed by atoms with E-state index in [0.717, 1.165) is 11.1 Å². The molecule has 9 nitrogen and oxygen atoms in total. The van der Waals surface area contributed by atoms with E-state index in [9.17, 15) is 29.7 Å². The first kappa shape index (κ1) is 26.0. The van der Waals surface area contributed by atoms with Crippen LogP contribution in [0.25, 0.3) is 0 Å². The van der Waals surface area contributed by atoms with E-state index in [1.54, 1.807) is 38.1 Å². The van der Waals surface area contributed by atoms with E-state index in [0.29, 0.717) is 0 Å². The smallest absolute Gasteiger partial charge is 0.338 e. The molecule has 4 atom stereocenters. The quantitative estimate of drug-likeness (QED) is 0.309. The Morgan fingerprint density at radius 2 is 1.15 bits per heavy atom. The molecule has 0 spiro atoms. The Bertz CT molecular complexity index is 955. The van der Waals surface area contributed by atoms with E-state index >= 15 is 0 Å². The summed E-state index contributed by atoms with van der Waals surface area (Å²) in [6, 6.07) is 12.3. The number of rotatable bonds is 10. The predicted octanol–water partition coefficient (Wildman–Crippen LogP) is 1.82. The predicted molar refractivity (Wildman–Crippen MR) is 119 cm³/mol. The van der Waals surface area contributed by atoms with Gasteiger partial charge in [0.2, 0.25) is 0 Å². The molecule has 0 aliphatic carbocycles. The van der Waals surface area contributed by atoms with Gasteiger partial charge in [0.25, 0.3) is 0 Å². The number of carboxylic acids is 1. The minimum Gasteiger partial charge on any atom is -0.479 e. The topological polar surface area (TPSA) is 142 Å². The van der Waals surface area contributed by atoms with Gasteiger partial charge >= 0.3 is 17.9 Å². The maximum absolute atomic E-state index is 12.7. The van der Waals surface area contributed by atoms with E-state index in [1.807, 2.05) is 13.8 Å². The molecule has 2 aromatic rings. The van der Waals surface area contributed by atoms with Crippen LogP contribution in [-0.2, 0) is 14.3 Å². The third-order valence-electron chi connectivity index (χ3n) is 4.76. The largest absolute Gasteiger partial charge is 0.479 e. The van der Waals surface area contributed by atoms with Crippen molar-refractivity contribution in [3.8, 4) is 0 Å². The molecule has 178 valence electrons. The normalized spacial score (nSPS) is 14.8. The van der Waals surface area contributed by atoms with Gasteiger partial charge in [0.15, 0.2) is 18.3 Å². The molecule has 9 heteroatoms. The molecule has 0 saturated heterocycles. The van der Waals surface area contributed by atoms with Crippen LogP contribution in [0, 0.1) is 13.8 Å². The first-order valence-electron chi connectivity index (χ1n) is 10.4. The average molecular weight is 459 g/mol. The number of ether oxygens (including phenoxy) is 2. The summed E-state index contributed by atoms with van der Waals surface area (Å²) in [5.41, 5.74) is 2.01. The number of aliphatic hydroxyl groups excluding tert-OH is 2. The first-order valence-corrected chi connectivity index (χ1v) is 10.4. The number of aliphatic hydroxyl groups is 2. The third-order valence-corrected chi connectivity index (χ3v) is 4.76. The number of nitrogens with one attached hydrogen (secondary N) is 1. The molecule has 0 amide bonds. The van der Waals surface area contributed by atoms with Crippen LogP contribution in [0.1, 0.15) is 45.7 Å². The number of hydrogen-bond donors (Lipinski definition) is 4. The van der Waals surface area contributed by atoms with Gasteiger partial charge in [0.05, 0.1) is 11.1 Å². The monoisotopic (exact) mass is 459 g/mol. The van der Waals surface area contributed by atoms with Crippen molar-refractivity contribution in [2.75, 3.05) is 0 Å². The van der Waals surface area contributed by atoms with Gasteiger partial charge in [-0.25, -0.2) is 14.4 Å². The highest BCUT2D eigenvalue weighted by Gasteiger charge is 2.43. The second kappa shape index (κ2) is 11.6. The Balaban J connectivity index is 2.39. The Kier molecular flexibility index (Phi) is 9.10. The van der Waals surface area contributed by atoms with Crippen molar-refractivity contribution < 1.29 is 39.2 Å². The fraction of sp³-hybridized carbons (Fsp3) is 0.375. The summed E-state index contributed by atoms with van der Waals surface area (Å²) in [7, 11) is 0. The van der Waals surface area contributed by atoms with Gasteiger partial charge in [0.1, 0.15) is 6.23 Å². The molecular weight excluding hydrogens is 430 g/mol. The number of carbonyl (C=O) groups is 3. The highest BCUT2D eigenvalue weighted by molar-refractivity contribution is 5.91. The minimum absolute atomic E-state index is 0.0955. The molecule has 2 rings (SSSR count). The zero-order valence-corrected chi connectivity index (χ0v) is 18.9. The van der Waals surface area contributed by atoms with Crippen LogP contribution in [0.3, 0.4) is 0 Å². The van der Waals surface area contributed by atoms with Crippen LogP contribution in [0.2, 0.25) is 0 Å². The van der Waals surface area contributed by atoms with Crippen molar-refractivity contribution in [3.05, 3.63) is 70.8 Å². The number of aliphatic carboxylic acids is 1. The first-order chi connectivity index (χ1) is 15.5. The van der Waals surface area contributed by atoms with E-state index in [2.05, 4.69) is 5.32 Å². The van der Waals surface area contributed by atoms with Gasteiger partial charge in [-0.3, -0.25) is 5.32 Å². The zero-order chi connectivity index (χ0) is 24.7. The summed E-state index contributed by atoms with van der Waals surface area (Å²) in [6.45, 7) is 7.05. The molecule has 0 fully saturated rings. The highest BCUT2D eigenvalue weighted by Crippen LogP contribution is 2.19. The molecule has 33 heavy (non-hydrogen) atoms. The van der Waals surface area contributed by atoms with Gasteiger partial charge < -0.3 is 24.8 Å². The Labute approximate surface area is 192 Å². The van der Waals surface area contributed by atoms with Gasteiger partial charge in [-0.1, -0.05) is 35.4 Å². The lowest BCUT2D eigenvalue weighted by Crippen LogP contribution is -2.56. The number of aryl methyl sites for hydroxylation is 2. The van der Waals surface area contributed by atoms with Crippen molar-refractivity contribution in [2.45, 2.75) is 58.3 Å². The van der Waals surface area contributed by atoms with Crippen LogP contribution in [-0.4, -0.2) is 63.8 Å². The summed E-state index contributed by atoms with van der Waals surface area (Å²) in [5.74, 6) is -3.56. The second-order valence-electron chi connectivity index (χ2n) is 8.02. The van der Waals surface area contributed by atoms with E-state index < -0.39 is 42.4 Å². The molecule has 0 aliphatic rings. The minimum atomic E-state index is -2.28. The summed E-state index contributed by atoms with van der Waals surface area (Å²) >= 11 is 0. The summed E-state index contributed by atoms with van der Waals surface area (Å²) in [5, 5.41) is 33.0. The molecule has 0 heterocycles. The van der Waals surface area contributed by atoms with Gasteiger partial charge in [-0.05, 0) is 52.0 Å². The zero-order valence-electron chi connectivity index (χ0n) is 18.9. The number of carboxylic acid groups (broad SMARTS) is 1. The number of benzene rings is 2. The van der Waals surface area contributed by atoms with Crippen LogP contribution in [0.15, 0.2) is 48.5 Å². The summed E-state index contributed by atoms with van der Waals surface area (Å²) < 4.78 is 10.6. The lowest BCUT2D eigenvalue weighted by Gasteiger charge is -2.32. The molecular formula is C24H29NO8. The summed E-state index contributed by atoms with van der Waals surface area (Å²) in [4.78, 5) is 36.9. The van der Waals surface area contributed by atoms with Crippen LogP contribution >= 0.6 is 0 Å². The van der Waals surface area contributed by atoms with Crippen LogP contribution in [0.5, 0.6) is 0 Å². The molecule has 0 aromatic heterocycles. The Hall–Kier alpha value is -3.27. The van der Waals surface area contributed by atoms with Crippen LogP contribution < -0.4 is 5.32 Å². The van der Waals surface area contributed by atoms with E-state index in [1.165, 1.54) is 24.3 Å². The fourth-order valence-electron chi connectivity index (χ4n) is 2.96. The van der Waals surface area contributed by atoms with E-state index in [4.69, 9.17) is 9.47 Å². The lowest BCUT2D eigenvalue weighted by molar-refractivity contribution is -0.165. The lowest BCUT2D eigenvalue weighted by atomic mass is 10.0. The van der Waals surface area contributed by atoms with Gasteiger partial charge in [-0.15, -0.1) is 0 Å². The number of esters is 2. The van der Waals surface area contributed by atoms with Crippen molar-refractivity contribution in [3.63, 3.8) is 0 Å². The van der Waals surface area contributed by atoms with Crippen molar-refractivity contribution in [1.29, 1.82) is 0 Å². The average Bonchev–Trinajstić information content (AvgIpc) is 2.75. The standard InChI is InChI=1S/C24H29NO8/c1-13(2)25-21(27)20(33-24(31)17-11-7-15(4)8-12-17)19(18(26)22(28)29)32-23(30)16-9-5-14(3)6-10-16/h5-13,18-21,25-27H,1-4H3,(H,28,29)/t18-,19-,20-,21-/m0/s1. The maximum Gasteiger partial charge on any atom is 0.338 e. The molecule has 2 aromatic carbocycles. The molecule has 0 saturated carbocycles. The molecule has 0 aliphatic heterocycles. The SMILES string of the molecule is Cc1ccc(C(=O)O[C@H]([C@H](OC(=O)c2ccc(C)cc2)[C@H](O)NC(C)C)[C@H](O)C(=O)O)cc1. The number of carbonyl (C=O) groups excluding carboxylic acids is 2. The number of hydrogen-bond acceptors (Lipinski definition) is 8. The molecule has 0 radical (unpaired) electrons. The maximum atomic E-state index is 12.7. The third kappa shape index (κ3) is 7.38. The Morgan fingerprint density at radius 1 is 0.758 bits per heavy atom. The molecule has 4 N–H and O–H groups in total. The summed E-state index contributed by atoms with van der Waals surface area (Å²) in [6.07, 6.45) is -7.57. The van der Waals surface area contributed by atoms with Crippen molar-refractivity contribution in [1.82, 2.24) is 5.32 Å². The van der Waals surface area contributed by atoms with E-state index in [-0.39, 0.29) is 17.2 Å². The van der Waals surface area contributed by atoms with Gasteiger partial charge in [-0.2, -0.15) is 0 Å². The fourth-order valence-corrected chi connectivity index (χ4v) is 2.96. The van der Waals surface area contributed by atoms with Crippen LogP contribution in [0.4, 0.5) is 0 Å². The highest BCUT2D eigenvalue weighted by atomic mass is 16.6. The van der Waals surface area contributed by atoms with Gasteiger partial charge in [0, 0.05) is 6.04 Å². The molecule has 0 unspecified atom stereocenters. The Morgan fingerprint density at radius 3 is 1.52 bits per heavy atom. The van der Waals surface area contributed by atoms with Crippen molar-refractivity contribution in [2.24, 2.45) is 0 Å². The second-order valence-corrected chi connectivity index (χ2v) is 8.02.